The monoisotopic (exact) mass is 197 g/mol. The van der Waals surface area contributed by atoms with Crippen molar-refractivity contribution in [1.29, 1.82) is 0 Å². The van der Waals surface area contributed by atoms with Crippen molar-refractivity contribution in [2.75, 3.05) is 6.54 Å². The summed E-state index contributed by atoms with van der Waals surface area (Å²) in [5, 5.41) is 0. The number of nitrogens with zero attached hydrogens (tertiary/aromatic N) is 1. The molecule has 0 spiro atoms. The maximum absolute atomic E-state index is 11.6. The standard InChI is InChI=1S/C12H23NO/c1-9(2)8-11(10(3)4)13-7-5-6-12(13)14/h9-11H,5-8H2,1-4H3. The molecule has 1 saturated heterocycles. The SMILES string of the molecule is CC(C)CC(C(C)C)N1CCCC1=O. The van der Waals surface area contributed by atoms with Crippen LogP contribution < -0.4 is 0 Å². The molecule has 1 aliphatic rings. The molecule has 1 heterocycles. The van der Waals surface area contributed by atoms with Crippen molar-refractivity contribution in [2.24, 2.45) is 11.8 Å². The number of hydrogen-bond donors (Lipinski definition) is 0. The Labute approximate surface area is 87.7 Å². The lowest BCUT2D eigenvalue weighted by Gasteiger charge is -2.32. The average molecular weight is 197 g/mol. The van der Waals surface area contributed by atoms with Gasteiger partial charge in [0.05, 0.1) is 0 Å². The largest absolute Gasteiger partial charge is 0.339 e. The van der Waals surface area contributed by atoms with E-state index in [0.717, 1.165) is 25.8 Å². The molecule has 82 valence electrons. The van der Waals surface area contributed by atoms with E-state index in [-0.39, 0.29) is 0 Å². The van der Waals surface area contributed by atoms with E-state index in [4.69, 9.17) is 0 Å². The van der Waals surface area contributed by atoms with Crippen molar-refractivity contribution in [3.8, 4) is 0 Å². The molecule has 0 saturated carbocycles. The van der Waals surface area contributed by atoms with E-state index in [0.29, 0.717) is 23.8 Å². The lowest BCUT2D eigenvalue weighted by atomic mass is 9.93. The first kappa shape index (κ1) is 11.5. The normalized spacial score (nSPS) is 19.9. The third-order valence-electron chi connectivity index (χ3n) is 2.99. The average Bonchev–Trinajstić information content (AvgIpc) is 2.46. The fourth-order valence-corrected chi connectivity index (χ4v) is 2.26. The van der Waals surface area contributed by atoms with Crippen LogP contribution in [0.5, 0.6) is 0 Å². The lowest BCUT2D eigenvalue weighted by Crippen LogP contribution is -2.40. The Morgan fingerprint density at radius 2 is 1.93 bits per heavy atom. The van der Waals surface area contributed by atoms with E-state index in [9.17, 15) is 4.79 Å². The summed E-state index contributed by atoms with van der Waals surface area (Å²) < 4.78 is 0. The Kier molecular flexibility index (Phi) is 3.97. The van der Waals surface area contributed by atoms with Gasteiger partial charge in [0.25, 0.3) is 0 Å². The highest BCUT2D eigenvalue weighted by atomic mass is 16.2. The predicted octanol–water partition coefficient (Wildman–Crippen LogP) is 2.68. The minimum Gasteiger partial charge on any atom is -0.339 e. The second-order valence-electron chi connectivity index (χ2n) is 5.13. The molecule has 0 aliphatic carbocycles. The first-order valence-corrected chi connectivity index (χ1v) is 5.81. The molecule has 0 aromatic carbocycles. The number of rotatable bonds is 4. The highest BCUT2D eigenvalue weighted by Gasteiger charge is 2.29. The molecule has 0 bridgehead atoms. The van der Waals surface area contributed by atoms with Gasteiger partial charge in [-0.2, -0.15) is 0 Å². The summed E-state index contributed by atoms with van der Waals surface area (Å²) >= 11 is 0. The molecule has 1 unspecified atom stereocenters. The van der Waals surface area contributed by atoms with Crippen molar-refractivity contribution in [3.63, 3.8) is 0 Å². The van der Waals surface area contributed by atoms with Gasteiger partial charge in [0.2, 0.25) is 5.91 Å². The molecule has 0 aromatic heterocycles. The minimum atomic E-state index is 0.365. The van der Waals surface area contributed by atoms with E-state index in [1.807, 2.05) is 0 Å². The molecule has 1 aliphatic heterocycles. The number of likely N-dealkylation sites (tertiary alicyclic amines) is 1. The number of hydrogen-bond acceptors (Lipinski definition) is 1. The van der Waals surface area contributed by atoms with E-state index >= 15 is 0 Å². The lowest BCUT2D eigenvalue weighted by molar-refractivity contribution is -0.130. The molecule has 1 fully saturated rings. The van der Waals surface area contributed by atoms with Gasteiger partial charge in [0, 0.05) is 19.0 Å². The Hall–Kier alpha value is -0.530. The molecule has 2 nitrogen and oxygen atoms in total. The van der Waals surface area contributed by atoms with Crippen molar-refractivity contribution in [3.05, 3.63) is 0 Å². The van der Waals surface area contributed by atoms with Crippen LogP contribution in [0.4, 0.5) is 0 Å². The number of carbonyl (C=O) groups excluding carboxylic acids is 1. The Balaban J connectivity index is 2.61. The van der Waals surface area contributed by atoms with Crippen molar-refractivity contribution >= 4 is 5.91 Å². The van der Waals surface area contributed by atoms with Gasteiger partial charge in [-0.1, -0.05) is 27.7 Å². The predicted molar refractivity (Wildman–Crippen MR) is 59.0 cm³/mol. The second kappa shape index (κ2) is 4.81. The molecule has 1 rings (SSSR count). The Bertz CT molecular complexity index is 198. The number of carbonyl (C=O) groups is 1. The van der Waals surface area contributed by atoms with Crippen LogP contribution in [0.3, 0.4) is 0 Å². The second-order valence-corrected chi connectivity index (χ2v) is 5.13. The van der Waals surface area contributed by atoms with E-state index in [1.165, 1.54) is 0 Å². The van der Waals surface area contributed by atoms with Crippen LogP contribution >= 0.6 is 0 Å². The fraction of sp³-hybridized carbons (Fsp3) is 0.917. The quantitative estimate of drug-likeness (QED) is 0.678. The highest BCUT2D eigenvalue weighted by molar-refractivity contribution is 5.78. The molecule has 0 N–H and O–H groups in total. The van der Waals surface area contributed by atoms with Gasteiger partial charge >= 0.3 is 0 Å². The van der Waals surface area contributed by atoms with Gasteiger partial charge in [-0.05, 0) is 24.7 Å². The van der Waals surface area contributed by atoms with Gasteiger partial charge in [0.15, 0.2) is 0 Å². The van der Waals surface area contributed by atoms with E-state index < -0.39 is 0 Å². The number of amides is 1. The van der Waals surface area contributed by atoms with E-state index in [1.54, 1.807) is 0 Å². The zero-order valence-corrected chi connectivity index (χ0v) is 9.92. The molecule has 2 heteroatoms. The first-order valence-electron chi connectivity index (χ1n) is 5.81. The third-order valence-corrected chi connectivity index (χ3v) is 2.99. The van der Waals surface area contributed by atoms with Crippen LogP contribution in [0.2, 0.25) is 0 Å². The van der Waals surface area contributed by atoms with E-state index in [2.05, 4.69) is 32.6 Å². The van der Waals surface area contributed by atoms with Crippen LogP contribution in [0.25, 0.3) is 0 Å². The van der Waals surface area contributed by atoms with Crippen LogP contribution in [0.15, 0.2) is 0 Å². The summed E-state index contributed by atoms with van der Waals surface area (Å²) in [6.45, 7) is 9.89. The van der Waals surface area contributed by atoms with Crippen molar-refractivity contribution in [1.82, 2.24) is 4.90 Å². The smallest absolute Gasteiger partial charge is 0.222 e. The van der Waals surface area contributed by atoms with Gasteiger partial charge in [-0.3, -0.25) is 4.79 Å². The molecule has 14 heavy (non-hydrogen) atoms. The minimum absolute atomic E-state index is 0.365. The van der Waals surface area contributed by atoms with Crippen molar-refractivity contribution in [2.45, 2.75) is 53.0 Å². The summed E-state index contributed by atoms with van der Waals surface area (Å²) in [6, 6.07) is 0.463. The summed E-state index contributed by atoms with van der Waals surface area (Å²) in [6.07, 6.45) is 2.96. The molecule has 0 aromatic rings. The topological polar surface area (TPSA) is 20.3 Å². The third kappa shape index (κ3) is 2.73. The maximum atomic E-state index is 11.6. The van der Waals surface area contributed by atoms with Crippen LogP contribution in [0, 0.1) is 11.8 Å². The van der Waals surface area contributed by atoms with Gasteiger partial charge in [-0.25, -0.2) is 0 Å². The molecular formula is C12H23NO. The molecule has 1 atom stereocenters. The zero-order chi connectivity index (χ0) is 10.7. The van der Waals surface area contributed by atoms with Crippen LogP contribution in [-0.4, -0.2) is 23.4 Å². The highest BCUT2D eigenvalue weighted by Crippen LogP contribution is 2.24. The summed E-state index contributed by atoms with van der Waals surface area (Å²) in [4.78, 5) is 13.7. The van der Waals surface area contributed by atoms with Gasteiger partial charge in [0.1, 0.15) is 0 Å². The summed E-state index contributed by atoms with van der Waals surface area (Å²) in [5.41, 5.74) is 0. The summed E-state index contributed by atoms with van der Waals surface area (Å²) in [5.74, 6) is 1.62. The summed E-state index contributed by atoms with van der Waals surface area (Å²) in [7, 11) is 0. The molecule has 1 amide bonds. The van der Waals surface area contributed by atoms with Crippen LogP contribution in [0.1, 0.15) is 47.0 Å². The molecule has 0 radical (unpaired) electrons. The van der Waals surface area contributed by atoms with Gasteiger partial charge < -0.3 is 4.90 Å². The molecular weight excluding hydrogens is 174 g/mol. The maximum Gasteiger partial charge on any atom is 0.222 e. The van der Waals surface area contributed by atoms with Crippen molar-refractivity contribution < 1.29 is 4.79 Å². The first-order chi connectivity index (χ1) is 6.52. The van der Waals surface area contributed by atoms with Crippen LogP contribution in [-0.2, 0) is 4.79 Å². The zero-order valence-electron chi connectivity index (χ0n) is 9.92. The fourth-order valence-electron chi connectivity index (χ4n) is 2.26. The Morgan fingerprint density at radius 3 is 2.29 bits per heavy atom. The van der Waals surface area contributed by atoms with Gasteiger partial charge in [-0.15, -0.1) is 0 Å². The Morgan fingerprint density at radius 1 is 1.29 bits per heavy atom.